The van der Waals surface area contributed by atoms with E-state index in [2.05, 4.69) is 53.3 Å². The maximum Gasteiger partial charge on any atom is 0.123 e. The molecule has 0 saturated heterocycles. The quantitative estimate of drug-likeness (QED) is 0.758. The molecule has 0 aromatic heterocycles. The second-order valence-electron chi connectivity index (χ2n) is 5.40. The van der Waals surface area contributed by atoms with Crippen LogP contribution in [0.3, 0.4) is 0 Å². The topological polar surface area (TPSA) is 21.3 Å². The van der Waals surface area contributed by atoms with E-state index < -0.39 is 0 Å². The molecule has 0 spiro atoms. The first-order chi connectivity index (χ1) is 9.22. The molecule has 1 aliphatic carbocycles. The van der Waals surface area contributed by atoms with Gasteiger partial charge in [0.25, 0.3) is 0 Å². The minimum atomic E-state index is 0.660. The van der Waals surface area contributed by atoms with Crippen molar-refractivity contribution in [2.24, 2.45) is 5.92 Å². The van der Waals surface area contributed by atoms with Crippen LogP contribution in [0, 0.1) is 5.92 Å². The van der Waals surface area contributed by atoms with Crippen LogP contribution < -0.4 is 10.1 Å². The predicted octanol–water partition coefficient (Wildman–Crippen LogP) is 4.52. The van der Waals surface area contributed by atoms with E-state index in [4.69, 9.17) is 4.74 Å². The lowest BCUT2D eigenvalue weighted by atomic mass is 10.1. The van der Waals surface area contributed by atoms with Crippen molar-refractivity contribution in [3.8, 4) is 5.75 Å². The Kier molecular flexibility index (Phi) is 5.71. The Hall–Kier alpha value is -0.540. The van der Waals surface area contributed by atoms with Crippen LogP contribution in [0.25, 0.3) is 0 Å². The summed E-state index contributed by atoms with van der Waals surface area (Å²) in [5, 5.41) is 3.56. The molecule has 1 fully saturated rings. The van der Waals surface area contributed by atoms with Crippen molar-refractivity contribution < 1.29 is 4.74 Å². The minimum Gasteiger partial charge on any atom is -0.493 e. The summed E-state index contributed by atoms with van der Waals surface area (Å²) >= 11 is 3.54. The minimum absolute atomic E-state index is 0.660. The van der Waals surface area contributed by atoms with Gasteiger partial charge in [-0.1, -0.05) is 42.6 Å². The van der Waals surface area contributed by atoms with Crippen molar-refractivity contribution in [1.82, 2.24) is 5.32 Å². The highest BCUT2D eigenvalue weighted by atomic mass is 79.9. The zero-order chi connectivity index (χ0) is 13.7. The lowest BCUT2D eigenvalue weighted by molar-refractivity contribution is 0.238. The summed E-state index contributed by atoms with van der Waals surface area (Å²) in [6, 6.07) is 7.03. The van der Waals surface area contributed by atoms with E-state index in [-0.39, 0.29) is 0 Å². The standard InChI is InChI=1S/C16H24BrNO/c1-3-12(4-2)11-19-16-8-5-14(17)9-13(16)10-18-15-6-7-15/h5,8-9,12,15,18H,3-4,6-7,10-11H2,1-2H3. The molecule has 0 atom stereocenters. The largest absolute Gasteiger partial charge is 0.493 e. The van der Waals surface area contributed by atoms with Gasteiger partial charge in [-0.05, 0) is 37.0 Å². The van der Waals surface area contributed by atoms with Crippen molar-refractivity contribution >= 4 is 15.9 Å². The molecular formula is C16H24BrNO. The maximum atomic E-state index is 6.03. The Bertz CT molecular complexity index is 400. The van der Waals surface area contributed by atoms with Crippen LogP contribution in [-0.2, 0) is 6.54 Å². The molecule has 1 aromatic carbocycles. The molecule has 19 heavy (non-hydrogen) atoms. The Morgan fingerprint density at radius 1 is 1.32 bits per heavy atom. The third kappa shape index (κ3) is 4.81. The molecule has 0 radical (unpaired) electrons. The molecule has 1 saturated carbocycles. The van der Waals surface area contributed by atoms with Gasteiger partial charge in [-0.15, -0.1) is 0 Å². The van der Waals surface area contributed by atoms with E-state index in [0.29, 0.717) is 5.92 Å². The van der Waals surface area contributed by atoms with Crippen molar-refractivity contribution in [1.29, 1.82) is 0 Å². The van der Waals surface area contributed by atoms with E-state index in [1.165, 1.54) is 31.2 Å². The van der Waals surface area contributed by atoms with Crippen LogP contribution in [-0.4, -0.2) is 12.6 Å². The van der Waals surface area contributed by atoms with Crippen LogP contribution in [0.5, 0.6) is 5.75 Å². The van der Waals surface area contributed by atoms with Crippen molar-refractivity contribution in [3.63, 3.8) is 0 Å². The molecule has 1 aromatic rings. The Morgan fingerprint density at radius 2 is 2.05 bits per heavy atom. The normalized spacial score (nSPS) is 14.9. The number of ether oxygens (including phenoxy) is 1. The van der Waals surface area contributed by atoms with Gasteiger partial charge < -0.3 is 10.1 Å². The second kappa shape index (κ2) is 7.30. The third-order valence-corrected chi connectivity index (χ3v) is 4.30. The summed E-state index contributed by atoms with van der Waals surface area (Å²) in [4.78, 5) is 0. The van der Waals surface area contributed by atoms with E-state index in [1.807, 2.05) is 0 Å². The van der Waals surface area contributed by atoms with Gasteiger partial charge in [-0.25, -0.2) is 0 Å². The molecule has 2 rings (SSSR count). The Labute approximate surface area is 125 Å². The second-order valence-corrected chi connectivity index (χ2v) is 6.32. The van der Waals surface area contributed by atoms with Crippen LogP contribution in [0.4, 0.5) is 0 Å². The van der Waals surface area contributed by atoms with E-state index >= 15 is 0 Å². The van der Waals surface area contributed by atoms with Gasteiger partial charge in [0.05, 0.1) is 6.61 Å². The molecule has 3 heteroatoms. The highest BCUT2D eigenvalue weighted by Gasteiger charge is 2.20. The van der Waals surface area contributed by atoms with Crippen molar-refractivity contribution in [2.75, 3.05) is 6.61 Å². The Balaban J connectivity index is 1.96. The molecule has 2 nitrogen and oxygen atoms in total. The molecule has 0 heterocycles. The first-order valence-corrected chi connectivity index (χ1v) is 8.16. The van der Waals surface area contributed by atoms with Gasteiger partial charge in [0.2, 0.25) is 0 Å². The smallest absolute Gasteiger partial charge is 0.123 e. The lowest BCUT2D eigenvalue weighted by Gasteiger charge is -2.17. The van der Waals surface area contributed by atoms with Crippen LogP contribution in [0.2, 0.25) is 0 Å². The lowest BCUT2D eigenvalue weighted by Crippen LogP contribution is -2.17. The number of hydrogen-bond donors (Lipinski definition) is 1. The number of nitrogens with one attached hydrogen (secondary N) is 1. The molecule has 0 aliphatic heterocycles. The van der Waals surface area contributed by atoms with Gasteiger partial charge >= 0.3 is 0 Å². The summed E-state index contributed by atoms with van der Waals surface area (Å²) < 4.78 is 7.15. The molecule has 106 valence electrons. The fourth-order valence-electron chi connectivity index (χ4n) is 2.10. The molecule has 0 amide bonds. The monoisotopic (exact) mass is 325 g/mol. The molecular weight excluding hydrogens is 302 g/mol. The van der Waals surface area contributed by atoms with Gasteiger partial charge in [0.1, 0.15) is 5.75 Å². The van der Waals surface area contributed by atoms with Gasteiger partial charge in [-0.3, -0.25) is 0 Å². The van der Waals surface area contributed by atoms with E-state index in [1.54, 1.807) is 0 Å². The summed E-state index contributed by atoms with van der Waals surface area (Å²) in [7, 11) is 0. The first kappa shape index (κ1) is 14.9. The SMILES string of the molecule is CCC(CC)COc1ccc(Br)cc1CNC1CC1. The highest BCUT2D eigenvalue weighted by molar-refractivity contribution is 9.10. The molecule has 0 unspecified atom stereocenters. The molecule has 1 N–H and O–H groups in total. The summed E-state index contributed by atoms with van der Waals surface area (Å²) in [5.74, 6) is 1.69. The maximum absolute atomic E-state index is 6.03. The van der Waals surface area contributed by atoms with E-state index in [0.717, 1.165) is 29.4 Å². The zero-order valence-corrected chi connectivity index (χ0v) is 13.5. The average molecular weight is 326 g/mol. The summed E-state index contributed by atoms with van der Waals surface area (Å²) in [6.45, 7) is 6.19. The average Bonchev–Trinajstić information content (AvgIpc) is 3.23. The van der Waals surface area contributed by atoms with Crippen molar-refractivity contribution in [2.45, 2.75) is 52.1 Å². The highest BCUT2D eigenvalue weighted by Crippen LogP contribution is 2.26. The first-order valence-electron chi connectivity index (χ1n) is 7.37. The predicted molar refractivity (Wildman–Crippen MR) is 83.6 cm³/mol. The molecule has 0 bridgehead atoms. The van der Waals surface area contributed by atoms with Crippen molar-refractivity contribution in [3.05, 3.63) is 28.2 Å². The fourth-order valence-corrected chi connectivity index (χ4v) is 2.51. The Morgan fingerprint density at radius 3 is 2.68 bits per heavy atom. The number of hydrogen-bond acceptors (Lipinski definition) is 2. The summed E-state index contributed by atoms with van der Waals surface area (Å²) in [6.07, 6.45) is 5.00. The van der Waals surface area contributed by atoms with Gasteiger partial charge in [0.15, 0.2) is 0 Å². The number of benzene rings is 1. The summed E-state index contributed by atoms with van der Waals surface area (Å²) in [5.41, 5.74) is 1.26. The fraction of sp³-hybridized carbons (Fsp3) is 0.625. The van der Waals surface area contributed by atoms with Crippen LogP contribution in [0.1, 0.15) is 45.1 Å². The zero-order valence-electron chi connectivity index (χ0n) is 11.9. The van der Waals surface area contributed by atoms with Gasteiger partial charge in [0, 0.05) is 22.6 Å². The van der Waals surface area contributed by atoms with E-state index in [9.17, 15) is 0 Å². The van der Waals surface area contributed by atoms with Crippen LogP contribution >= 0.6 is 15.9 Å². The van der Waals surface area contributed by atoms with Crippen LogP contribution in [0.15, 0.2) is 22.7 Å². The number of rotatable bonds is 8. The molecule has 1 aliphatic rings. The third-order valence-electron chi connectivity index (χ3n) is 3.81. The van der Waals surface area contributed by atoms with Gasteiger partial charge in [-0.2, -0.15) is 0 Å². The number of halogens is 1.